The number of benzene rings is 1. The Bertz CT molecular complexity index is 460. The van der Waals surface area contributed by atoms with Gasteiger partial charge in [0.1, 0.15) is 6.10 Å². The molecule has 96 valence electrons. The lowest BCUT2D eigenvalue weighted by Gasteiger charge is -2.22. The molecule has 3 heteroatoms. The second-order valence-electron chi connectivity index (χ2n) is 4.81. The van der Waals surface area contributed by atoms with Gasteiger partial charge in [-0.2, -0.15) is 0 Å². The van der Waals surface area contributed by atoms with Crippen molar-refractivity contribution in [2.24, 2.45) is 0 Å². The van der Waals surface area contributed by atoms with E-state index < -0.39 is 0 Å². The number of rotatable bonds is 3. The molecule has 0 aromatic heterocycles. The van der Waals surface area contributed by atoms with E-state index in [9.17, 15) is 4.79 Å². The summed E-state index contributed by atoms with van der Waals surface area (Å²) in [5.74, 6) is 0.433. The highest BCUT2D eigenvalue weighted by atomic mass is 35.5. The summed E-state index contributed by atoms with van der Waals surface area (Å²) < 4.78 is 5.38. The van der Waals surface area contributed by atoms with Crippen molar-refractivity contribution in [2.45, 2.75) is 32.3 Å². The number of hydrogen-bond acceptors (Lipinski definition) is 2. The minimum atomic E-state index is -0.297. The number of alkyl halides is 1. The molecule has 0 amide bonds. The van der Waals surface area contributed by atoms with Gasteiger partial charge >= 0.3 is 5.97 Å². The van der Waals surface area contributed by atoms with Crippen LogP contribution < -0.4 is 0 Å². The Hall–Kier alpha value is -1.28. The van der Waals surface area contributed by atoms with Gasteiger partial charge in [0, 0.05) is 12.0 Å². The maximum Gasteiger partial charge on any atom is 0.335 e. The third kappa shape index (κ3) is 2.75. The molecule has 1 atom stereocenters. The lowest BCUT2D eigenvalue weighted by molar-refractivity contribution is -0.145. The van der Waals surface area contributed by atoms with Crippen molar-refractivity contribution in [3.8, 4) is 0 Å². The van der Waals surface area contributed by atoms with Gasteiger partial charge in [0.15, 0.2) is 0 Å². The number of carbonyl (C=O) groups is 1. The molecular formula is C15H17ClO2. The third-order valence-corrected chi connectivity index (χ3v) is 3.50. The zero-order chi connectivity index (χ0) is 13.1. The molecule has 0 fully saturated rings. The fourth-order valence-corrected chi connectivity index (χ4v) is 2.21. The van der Waals surface area contributed by atoms with Crippen molar-refractivity contribution in [3.63, 3.8) is 0 Å². The predicted octanol–water partition coefficient (Wildman–Crippen LogP) is 3.96. The van der Waals surface area contributed by atoms with E-state index in [1.165, 1.54) is 5.56 Å². The van der Waals surface area contributed by atoms with Crippen LogP contribution in [0.3, 0.4) is 0 Å². The average Bonchev–Trinajstić information content (AvgIpc) is 2.38. The van der Waals surface area contributed by atoms with Crippen LogP contribution in [0.1, 0.15) is 43.4 Å². The van der Waals surface area contributed by atoms with Crippen LogP contribution in [0.4, 0.5) is 0 Å². The molecule has 0 saturated heterocycles. The Morgan fingerprint density at radius 2 is 2.00 bits per heavy atom. The maximum atomic E-state index is 11.6. The van der Waals surface area contributed by atoms with Crippen LogP contribution in [-0.2, 0) is 9.53 Å². The molecule has 1 heterocycles. The SMILES string of the molecule is CC(C)c1ccc(C2CC=C(CCl)C(=O)O2)cc1. The van der Waals surface area contributed by atoms with E-state index >= 15 is 0 Å². The quantitative estimate of drug-likeness (QED) is 0.610. The molecule has 0 saturated carbocycles. The van der Waals surface area contributed by atoms with Gasteiger partial charge in [-0.25, -0.2) is 4.79 Å². The average molecular weight is 265 g/mol. The molecule has 0 spiro atoms. The molecule has 1 aliphatic rings. The van der Waals surface area contributed by atoms with Crippen LogP contribution in [0.25, 0.3) is 0 Å². The number of carbonyl (C=O) groups excluding carboxylic acids is 1. The third-order valence-electron chi connectivity index (χ3n) is 3.21. The van der Waals surface area contributed by atoms with Gasteiger partial charge in [-0.3, -0.25) is 0 Å². The maximum absolute atomic E-state index is 11.6. The first-order valence-electron chi connectivity index (χ1n) is 6.17. The summed E-state index contributed by atoms with van der Waals surface area (Å²) in [7, 11) is 0. The van der Waals surface area contributed by atoms with E-state index in [4.69, 9.17) is 16.3 Å². The number of esters is 1. The lowest BCUT2D eigenvalue weighted by Crippen LogP contribution is -2.18. The Morgan fingerprint density at radius 3 is 2.50 bits per heavy atom. The monoisotopic (exact) mass is 264 g/mol. The standard InChI is InChI=1S/C15H17ClO2/c1-10(2)11-3-5-12(6-4-11)14-8-7-13(9-16)15(17)18-14/h3-7,10,14H,8-9H2,1-2H3. The van der Waals surface area contributed by atoms with Gasteiger partial charge in [-0.1, -0.05) is 44.2 Å². The van der Waals surface area contributed by atoms with Gasteiger partial charge in [0.05, 0.1) is 5.88 Å². The lowest BCUT2D eigenvalue weighted by atomic mass is 9.97. The summed E-state index contributed by atoms with van der Waals surface area (Å²) in [4.78, 5) is 11.6. The summed E-state index contributed by atoms with van der Waals surface area (Å²) in [6.45, 7) is 4.32. The van der Waals surface area contributed by atoms with Crippen LogP contribution in [0.15, 0.2) is 35.9 Å². The molecule has 0 radical (unpaired) electrons. The van der Waals surface area contributed by atoms with Crippen molar-refractivity contribution in [3.05, 3.63) is 47.0 Å². The first kappa shape index (κ1) is 13.2. The normalized spacial score (nSPS) is 19.7. The van der Waals surface area contributed by atoms with Crippen LogP contribution in [0, 0.1) is 0 Å². The molecule has 2 nitrogen and oxygen atoms in total. The van der Waals surface area contributed by atoms with Crippen LogP contribution in [-0.4, -0.2) is 11.8 Å². The number of hydrogen-bond donors (Lipinski definition) is 0. The Kier molecular flexibility index (Phi) is 4.07. The van der Waals surface area contributed by atoms with Crippen molar-refractivity contribution >= 4 is 17.6 Å². The van der Waals surface area contributed by atoms with Crippen molar-refractivity contribution < 1.29 is 9.53 Å². The molecular weight excluding hydrogens is 248 g/mol. The van der Waals surface area contributed by atoms with E-state index in [1.807, 2.05) is 18.2 Å². The van der Waals surface area contributed by atoms with Gasteiger partial charge in [-0.05, 0) is 17.0 Å². The van der Waals surface area contributed by atoms with E-state index in [2.05, 4.69) is 26.0 Å². The largest absolute Gasteiger partial charge is 0.454 e. The highest BCUT2D eigenvalue weighted by Gasteiger charge is 2.23. The minimum Gasteiger partial charge on any atom is -0.454 e. The van der Waals surface area contributed by atoms with Gasteiger partial charge < -0.3 is 4.74 Å². The topological polar surface area (TPSA) is 26.3 Å². The molecule has 18 heavy (non-hydrogen) atoms. The molecule has 1 aliphatic heterocycles. The number of ether oxygens (including phenoxy) is 1. The first-order valence-corrected chi connectivity index (χ1v) is 6.71. The predicted molar refractivity (Wildman–Crippen MR) is 72.8 cm³/mol. The summed E-state index contributed by atoms with van der Waals surface area (Å²) in [6.07, 6.45) is 2.40. The van der Waals surface area contributed by atoms with Gasteiger partial charge in [0.25, 0.3) is 0 Å². The van der Waals surface area contributed by atoms with Crippen molar-refractivity contribution in [2.75, 3.05) is 5.88 Å². The van der Waals surface area contributed by atoms with E-state index in [0.29, 0.717) is 17.9 Å². The fraction of sp³-hybridized carbons (Fsp3) is 0.400. The van der Waals surface area contributed by atoms with Gasteiger partial charge in [0.2, 0.25) is 0 Å². The van der Waals surface area contributed by atoms with Gasteiger partial charge in [-0.15, -0.1) is 11.6 Å². The second-order valence-corrected chi connectivity index (χ2v) is 5.08. The first-order chi connectivity index (χ1) is 8.61. The Labute approximate surface area is 113 Å². The highest BCUT2D eigenvalue weighted by molar-refractivity contribution is 6.22. The summed E-state index contributed by atoms with van der Waals surface area (Å²) in [5.41, 5.74) is 2.89. The number of halogens is 1. The molecule has 0 aliphatic carbocycles. The van der Waals surface area contributed by atoms with E-state index in [1.54, 1.807) is 0 Å². The van der Waals surface area contributed by atoms with Crippen LogP contribution in [0.5, 0.6) is 0 Å². The highest BCUT2D eigenvalue weighted by Crippen LogP contribution is 2.29. The van der Waals surface area contributed by atoms with Crippen molar-refractivity contribution in [1.82, 2.24) is 0 Å². The molecule has 0 N–H and O–H groups in total. The second kappa shape index (κ2) is 5.57. The molecule has 1 unspecified atom stereocenters. The summed E-state index contributed by atoms with van der Waals surface area (Å²) in [5, 5.41) is 0. The molecule has 1 aromatic carbocycles. The number of cyclic esters (lactones) is 1. The van der Waals surface area contributed by atoms with Crippen molar-refractivity contribution in [1.29, 1.82) is 0 Å². The molecule has 2 rings (SSSR count). The smallest absolute Gasteiger partial charge is 0.335 e. The molecule has 0 bridgehead atoms. The van der Waals surface area contributed by atoms with E-state index in [0.717, 1.165) is 5.56 Å². The minimum absolute atomic E-state index is 0.175. The fourth-order valence-electron chi connectivity index (χ4n) is 1.99. The molecule has 1 aromatic rings. The summed E-state index contributed by atoms with van der Waals surface area (Å²) in [6, 6.07) is 8.25. The van der Waals surface area contributed by atoms with Crippen LogP contribution >= 0.6 is 11.6 Å². The zero-order valence-corrected chi connectivity index (χ0v) is 11.4. The summed E-state index contributed by atoms with van der Waals surface area (Å²) >= 11 is 5.66. The van der Waals surface area contributed by atoms with E-state index in [-0.39, 0.29) is 18.0 Å². The zero-order valence-electron chi connectivity index (χ0n) is 10.7. The Morgan fingerprint density at radius 1 is 1.33 bits per heavy atom. The Balaban J connectivity index is 2.14. The van der Waals surface area contributed by atoms with Crippen LogP contribution in [0.2, 0.25) is 0 Å².